The second kappa shape index (κ2) is 8.22. The van der Waals surface area contributed by atoms with E-state index in [-0.39, 0.29) is 18.4 Å². The smallest absolute Gasteiger partial charge is 0.273 e. The molecule has 0 radical (unpaired) electrons. The minimum atomic E-state index is -0.642. The molecule has 1 fully saturated rings. The van der Waals surface area contributed by atoms with E-state index in [9.17, 15) is 19.2 Å². The molecule has 0 bridgehead atoms. The number of halogens is 1. The van der Waals surface area contributed by atoms with Crippen molar-refractivity contribution in [2.45, 2.75) is 12.8 Å². The Bertz CT molecular complexity index is 926. The number of amides is 3. The number of methoxy groups -OCH3 is 1. The number of hydrogen-bond acceptors (Lipinski definition) is 5. The molecule has 0 spiro atoms. The van der Waals surface area contributed by atoms with Gasteiger partial charge in [-0.05, 0) is 36.4 Å². The summed E-state index contributed by atoms with van der Waals surface area (Å²) in [5, 5.41) is 2.08. The van der Waals surface area contributed by atoms with Gasteiger partial charge < -0.3 is 4.74 Å². The van der Waals surface area contributed by atoms with E-state index in [1.54, 1.807) is 18.2 Å². The number of rotatable bonds is 6. The maximum absolute atomic E-state index is 13.0. The molecule has 144 valence electrons. The standard InChI is InChI=1S/C20H17ClN2O5/c1-28-16-4-2-3-14(11-16)17(24)12-22(23-18(25)9-10-19(23)26)20(27)13-5-7-15(21)8-6-13/h2-8,11H,9-10,12H2,1H3. The average molecular weight is 401 g/mol. The summed E-state index contributed by atoms with van der Waals surface area (Å²) in [6.07, 6.45) is -0.00678. The summed E-state index contributed by atoms with van der Waals surface area (Å²) in [5.41, 5.74) is 0.502. The second-order valence-corrected chi connectivity index (χ2v) is 6.56. The van der Waals surface area contributed by atoms with Gasteiger partial charge in [-0.25, -0.2) is 5.01 Å². The molecule has 1 heterocycles. The molecule has 0 aliphatic carbocycles. The fourth-order valence-corrected chi connectivity index (χ4v) is 2.96. The number of benzene rings is 2. The summed E-state index contributed by atoms with van der Waals surface area (Å²) in [7, 11) is 1.47. The van der Waals surface area contributed by atoms with E-state index in [0.717, 1.165) is 10.0 Å². The third-order valence-electron chi connectivity index (χ3n) is 4.28. The number of imide groups is 1. The fraction of sp³-hybridized carbons (Fsp3) is 0.200. The van der Waals surface area contributed by atoms with Gasteiger partial charge in [0, 0.05) is 29.0 Å². The van der Waals surface area contributed by atoms with Crippen molar-refractivity contribution >= 4 is 35.1 Å². The summed E-state index contributed by atoms with van der Waals surface area (Å²) < 4.78 is 5.11. The first-order valence-corrected chi connectivity index (χ1v) is 8.89. The van der Waals surface area contributed by atoms with Crippen molar-refractivity contribution in [2.75, 3.05) is 13.7 Å². The zero-order valence-corrected chi connectivity index (χ0v) is 15.8. The minimum absolute atomic E-state index is 0.00339. The molecule has 1 saturated heterocycles. The highest BCUT2D eigenvalue weighted by atomic mass is 35.5. The molecule has 7 nitrogen and oxygen atoms in total. The van der Waals surface area contributed by atoms with Gasteiger partial charge in [-0.2, -0.15) is 5.01 Å². The Morgan fingerprint density at radius 3 is 2.29 bits per heavy atom. The largest absolute Gasteiger partial charge is 0.497 e. The lowest BCUT2D eigenvalue weighted by molar-refractivity contribution is -0.152. The Balaban J connectivity index is 1.92. The SMILES string of the molecule is COc1cccc(C(=O)CN(C(=O)c2ccc(Cl)cc2)N2C(=O)CCC2=O)c1. The van der Waals surface area contributed by atoms with Gasteiger partial charge in [-0.15, -0.1) is 0 Å². The zero-order chi connectivity index (χ0) is 20.3. The molecule has 2 aromatic carbocycles. The summed E-state index contributed by atoms with van der Waals surface area (Å²) in [6, 6.07) is 12.4. The van der Waals surface area contributed by atoms with E-state index in [0.29, 0.717) is 16.3 Å². The highest BCUT2D eigenvalue weighted by Gasteiger charge is 2.38. The molecular weight excluding hydrogens is 384 g/mol. The molecule has 8 heteroatoms. The van der Waals surface area contributed by atoms with Crippen molar-refractivity contribution in [3.05, 3.63) is 64.7 Å². The van der Waals surface area contributed by atoms with Crippen LogP contribution in [0.2, 0.25) is 5.02 Å². The maximum Gasteiger partial charge on any atom is 0.273 e. The Labute approximate surface area is 166 Å². The molecule has 1 aliphatic heterocycles. The lowest BCUT2D eigenvalue weighted by atomic mass is 10.1. The van der Waals surface area contributed by atoms with Crippen molar-refractivity contribution in [3.63, 3.8) is 0 Å². The monoisotopic (exact) mass is 400 g/mol. The minimum Gasteiger partial charge on any atom is -0.497 e. The van der Waals surface area contributed by atoms with Crippen LogP contribution in [-0.2, 0) is 9.59 Å². The first kappa shape index (κ1) is 19.6. The first-order valence-electron chi connectivity index (χ1n) is 8.51. The third-order valence-corrected chi connectivity index (χ3v) is 4.53. The Hall–Kier alpha value is -3.19. The van der Waals surface area contributed by atoms with Gasteiger partial charge in [0.25, 0.3) is 5.91 Å². The second-order valence-electron chi connectivity index (χ2n) is 6.12. The van der Waals surface area contributed by atoms with Crippen LogP contribution < -0.4 is 4.74 Å². The number of Topliss-reactive ketones (excluding diaryl/α,β-unsaturated/α-hetero) is 1. The van der Waals surface area contributed by atoms with Gasteiger partial charge in [-0.1, -0.05) is 23.7 Å². The number of carbonyl (C=O) groups is 4. The number of hydrogen-bond donors (Lipinski definition) is 0. The highest BCUT2D eigenvalue weighted by Crippen LogP contribution is 2.20. The topological polar surface area (TPSA) is 84.0 Å². The van der Waals surface area contributed by atoms with E-state index >= 15 is 0 Å². The quantitative estimate of drug-likeness (QED) is 0.550. The summed E-state index contributed by atoms with van der Waals surface area (Å²) in [4.78, 5) is 50.1. The fourth-order valence-electron chi connectivity index (χ4n) is 2.83. The predicted octanol–water partition coefficient (Wildman–Crippen LogP) is 2.74. The van der Waals surface area contributed by atoms with Crippen molar-refractivity contribution in [3.8, 4) is 5.75 Å². The average Bonchev–Trinajstić information content (AvgIpc) is 3.04. The number of carbonyl (C=O) groups excluding carboxylic acids is 4. The van der Waals surface area contributed by atoms with Crippen LogP contribution in [-0.4, -0.2) is 47.2 Å². The van der Waals surface area contributed by atoms with E-state index < -0.39 is 30.0 Å². The van der Waals surface area contributed by atoms with Crippen molar-refractivity contribution in [1.82, 2.24) is 10.0 Å². The van der Waals surface area contributed by atoms with Crippen LogP contribution in [0.25, 0.3) is 0 Å². The van der Waals surface area contributed by atoms with Gasteiger partial charge in [-0.3, -0.25) is 19.2 Å². The van der Waals surface area contributed by atoms with Gasteiger partial charge in [0.15, 0.2) is 5.78 Å². The lowest BCUT2D eigenvalue weighted by Gasteiger charge is -2.29. The molecule has 3 rings (SSSR count). The molecule has 1 aliphatic rings. The van der Waals surface area contributed by atoms with Crippen LogP contribution in [0, 0.1) is 0 Å². The van der Waals surface area contributed by atoms with Crippen LogP contribution in [0.3, 0.4) is 0 Å². The molecule has 2 aromatic rings. The maximum atomic E-state index is 13.0. The van der Waals surface area contributed by atoms with E-state index in [1.807, 2.05) is 0 Å². The number of ether oxygens (including phenoxy) is 1. The van der Waals surface area contributed by atoms with Crippen LogP contribution >= 0.6 is 11.6 Å². The lowest BCUT2D eigenvalue weighted by Crippen LogP contribution is -2.51. The molecule has 0 saturated carbocycles. The molecule has 3 amide bonds. The summed E-state index contributed by atoms with van der Waals surface area (Å²) in [6.45, 7) is -0.466. The summed E-state index contributed by atoms with van der Waals surface area (Å²) in [5.74, 6) is -1.64. The normalized spacial score (nSPS) is 13.6. The molecular formula is C20H17ClN2O5. The molecule has 28 heavy (non-hydrogen) atoms. The van der Waals surface area contributed by atoms with Gasteiger partial charge in [0.1, 0.15) is 12.3 Å². The van der Waals surface area contributed by atoms with Gasteiger partial charge >= 0.3 is 0 Å². The van der Waals surface area contributed by atoms with Crippen LogP contribution in [0.5, 0.6) is 5.75 Å². The third kappa shape index (κ3) is 4.04. The van der Waals surface area contributed by atoms with E-state index in [1.165, 1.54) is 37.4 Å². The van der Waals surface area contributed by atoms with E-state index in [2.05, 4.69) is 0 Å². The van der Waals surface area contributed by atoms with Gasteiger partial charge in [0.2, 0.25) is 11.8 Å². The zero-order valence-electron chi connectivity index (χ0n) is 15.1. The molecule has 0 aromatic heterocycles. The Morgan fingerprint density at radius 2 is 1.68 bits per heavy atom. The number of nitrogens with zero attached hydrogens (tertiary/aromatic N) is 2. The first-order chi connectivity index (χ1) is 13.4. The molecule has 0 atom stereocenters. The predicted molar refractivity (Wildman–Crippen MR) is 101 cm³/mol. The van der Waals surface area contributed by atoms with Crippen LogP contribution in [0.15, 0.2) is 48.5 Å². The van der Waals surface area contributed by atoms with Crippen molar-refractivity contribution < 1.29 is 23.9 Å². The van der Waals surface area contributed by atoms with Crippen LogP contribution in [0.1, 0.15) is 33.6 Å². The number of ketones is 1. The number of hydrazine groups is 1. The van der Waals surface area contributed by atoms with Crippen LogP contribution in [0.4, 0.5) is 0 Å². The Morgan fingerprint density at radius 1 is 1.04 bits per heavy atom. The highest BCUT2D eigenvalue weighted by molar-refractivity contribution is 6.30. The van der Waals surface area contributed by atoms with E-state index in [4.69, 9.17) is 16.3 Å². The molecule has 0 N–H and O–H groups in total. The Kier molecular flexibility index (Phi) is 5.75. The summed E-state index contributed by atoms with van der Waals surface area (Å²) >= 11 is 5.85. The van der Waals surface area contributed by atoms with Crippen molar-refractivity contribution in [2.24, 2.45) is 0 Å². The van der Waals surface area contributed by atoms with Crippen molar-refractivity contribution in [1.29, 1.82) is 0 Å². The molecule has 0 unspecified atom stereocenters. The van der Waals surface area contributed by atoms with Gasteiger partial charge in [0.05, 0.1) is 7.11 Å².